The topological polar surface area (TPSA) is 89.1 Å². The molecule has 2 aromatic carbocycles. The van der Waals surface area contributed by atoms with E-state index in [9.17, 15) is 27.6 Å². The lowest BCUT2D eigenvalue weighted by molar-refractivity contribution is -0.137. The van der Waals surface area contributed by atoms with Gasteiger partial charge >= 0.3 is 6.18 Å². The van der Waals surface area contributed by atoms with Gasteiger partial charge in [-0.25, -0.2) is 4.98 Å². The number of carbonyl (C=O) groups is 3. The summed E-state index contributed by atoms with van der Waals surface area (Å²) in [7, 11) is 5.48. The van der Waals surface area contributed by atoms with Gasteiger partial charge in [-0.1, -0.05) is 42.5 Å². The van der Waals surface area contributed by atoms with E-state index in [4.69, 9.17) is 0 Å². The van der Waals surface area contributed by atoms with Gasteiger partial charge in [0, 0.05) is 57.3 Å². The van der Waals surface area contributed by atoms with E-state index in [-0.39, 0.29) is 29.7 Å². The molecule has 2 aliphatic rings. The Kier molecular flexibility index (Phi) is 9.71. The van der Waals surface area contributed by atoms with Crippen LogP contribution in [0.15, 0.2) is 66.7 Å². The van der Waals surface area contributed by atoms with Gasteiger partial charge in [-0.05, 0) is 62.8 Å². The van der Waals surface area contributed by atoms with Crippen molar-refractivity contribution in [3.8, 4) is 0 Å². The average Bonchev–Trinajstić information content (AvgIpc) is 3.33. The molecule has 1 N–H and O–H groups in total. The number of amides is 3. The van der Waals surface area contributed by atoms with Crippen molar-refractivity contribution in [2.24, 2.45) is 5.92 Å². The summed E-state index contributed by atoms with van der Waals surface area (Å²) < 4.78 is 41.2. The molecule has 5 rings (SSSR count). The number of hydrogen-bond donors (Lipinski definition) is 1. The van der Waals surface area contributed by atoms with Crippen molar-refractivity contribution in [2.45, 2.75) is 45.6 Å². The quantitative estimate of drug-likeness (QED) is 0.352. The van der Waals surface area contributed by atoms with Crippen molar-refractivity contribution in [1.82, 2.24) is 15.2 Å². The number of halogens is 3. The number of pyridine rings is 1. The lowest BCUT2D eigenvalue weighted by Gasteiger charge is -2.39. The minimum Gasteiger partial charge on any atom is -0.365 e. The zero-order valence-electron chi connectivity index (χ0n) is 27.1. The first-order valence-electron chi connectivity index (χ1n) is 15.4. The van der Waals surface area contributed by atoms with Crippen LogP contribution in [0, 0.1) is 19.8 Å². The summed E-state index contributed by atoms with van der Waals surface area (Å²) in [6.45, 7) is 5.21. The molecule has 0 bridgehead atoms. The number of alkyl halides is 3. The molecule has 0 spiro atoms. The molecule has 12 heteroatoms. The minimum atomic E-state index is -4.64. The van der Waals surface area contributed by atoms with E-state index >= 15 is 0 Å². The fourth-order valence-corrected chi connectivity index (χ4v) is 6.25. The molecule has 2 aliphatic heterocycles. The van der Waals surface area contributed by atoms with Crippen molar-refractivity contribution in [3.63, 3.8) is 0 Å². The average molecular weight is 649 g/mol. The van der Waals surface area contributed by atoms with Crippen LogP contribution in [-0.2, 0) is 33.6 Å². The molecule has 47 heavy (non-hydrogen) atoms. The molecule has 3 aromatic rings. The Morgan fingerprint density at radius 1 is 1.06 bits per heavy atom. The maximum Gasteiger partial charge on any atom is 0.416 e. The second kappa shape index (κ2) is 13.6. The van der Waals surface area contributed by atoms with Crippen LogP contribution in [0.5, 0.6) is 0 Å². The number of aryl methyl sites for hydroxylation is 2. The van der Waals surface area contributed by atoms with Gasteiger partial charge < -0.3 is 20.0 Å². The Morgan fingerprint density at radius 3 is 2.45 bits per heavy atom. The third kappa shape index (κ3) is 7.48. The van der Waals surface area contributed by atoms with E-state index in [1.165, 1.54) is 17.9 Å². The number of para-hydroxylation sites is 1. The van der Waals surface area contributed by atoms with E-state index in [2.05, 4.69) is 15.2 Å². The Labute approximate surface area is 272 Å². The zero-order valence-corrected chi connectivity index (χ0v) is 27.1. The highest BCUT2D eigenvalue weighted by atomic mass is 19.4. The van der Waals surface area contributed by atoms with E-state index in [0.29, 0.717) is 31.9 Å². The van der Waals surface area contributed by atoms with Crippen LogP contribution in [0.2, 0.25) is 0 Å². The number of anilines is 3. The van der Waals surface area contributed by atoms with Gasteiger partial charge in [-0.3, -0.25) is 19.3 Å². The molecule has 2 atom stereocenters. The summed E-state index contributed by atoms with van der Waals surface area (Å²) in [6.07, 6.45) is -1.33. The summed E-state index contributed by atoms with van der Waals surface area (Å²) in [4.78, 5) is 50.8. The lowest BCUT2D eigenvalue weighted by Crippen LogP contribution is -2.52. The summed E-state index contributed by atoms with van der Waals surface area (Å²) in [6, 6.07) is 14.2. The van der Waals surface area contributed by atoms with Gasteiger partial charge in [0.15, 0.2) is 0 Å². The molecule has 1 fully saturated rings. The Bertz CT molecular complexity index is 1690. The fourth-order valence-electron chi connectivity index (χ4n) is 6.25. The Hall–Kier alpha value is -4.71. The van der Waals surface area contributed by atoms with Crippen LogP contribution in [-0.4, -0.2) is 67.9 Å². The molecule has 248 valence electrons. The van der Waals surface area contributed by atoms with Crippen molar-refractivity contribution in [2.75, 3.05) is 48.9 Å². The van der Waals surface area contributed by atoms with Gasteiger partial charge in [0.25, 0.3) is 0 Å². The summed E-state index contributed by atoms with van der Waals surface area (Å²) in [5, 5.41) is 2.88. The van der Waals surface area contributed by atoms with Crippen molar-refractivity contribution in [3.05, 3.63) is 94.7 Å². The normalized spacial score (nSPS) is 18.4. The maximum atomic E-state index is 14.1. The molecule has 0 unspecified atom stereocenters. The molecule has 9 nitrogen and oxygen atoms in total. The third-order valence-electron chi connectivity index (χ3n) is 8.48. The molecule has 0 saturated carbocycles. The van der Waals surface area contributed by atoms with Crippen LogP contribution in [0.4, 0.5) is 30.4 Å². The number of fused-ring (bicyclic) bond motifs is 2. The first-order valence-corrected chi connectivity index (χ1v) is 15.4. The van der Waals surface area contributed by atoms with Crippen molar-refractivity contribution >= 4 is 34.9 Å². The van der Waals surface area contributed by atoms with Crippen LogP contribution in [0.3, 0.4) is 0 Å². The van der Waals surface area contributed by atoms with Crippen molar-refractivity contribution in [1.29, 1.82) is 0 Å². The predicted molar refractivity (Wildman–Crippen MR) is 175 cm³/mol. The van der Waals surface area contributed by atoms with Gasteiger partial charge in [0.05, 0.1) is 16.9 Å². The van der Waals surface area contributed by atoms with E-state index in [1.807, 2.05) is 68.4 Å². The highest BCUT2D eigenvalue weighted by Gasteiger charge is 2.49. The van der Waals surface area contributed by atoms with Gasteiger partial charge in [-0.15, -0.1) is 0 Å². The number of carbonyl (C=O) groups excluding carboxylic acids is 3. The van der Waals surface area contributed by atoms with E-state index < -0.39 is 29.6 Å². The Morgan fingerprint density at radius 2 is 1.77 bits per heavy atom. The monoisotopic (exact) mass is 648 g/mol. The highest BCUT2D eigenvalue weighted by Crippen LogP contribution is 2.42. The van der Waals surface area contributed by atoms with Crippen LogP contribution in [0.25, 0.3) is 0 Å². The van der Waals surface area contributed by atoms with Crippen LogP contribution >= 0.6 is 0 Å². The predicted octanol–water partition coefficient (Wildman–Crippen LogP) is 4.86. The first kappa shape index (κ1) is 33.6. The number of hydrogen-bond acceptors (Lipinski definition) is 6. The molecular weight excluding hydrogens is 609 g/mol. The summed E-state index contributed by atoms with van der Waals surface area (Å²) >= 11 is 0. The Balaban J connectivity index is 1.43. The highest BCUT2D eigenvalue weighted by molar-refractivity contribution is 6.10. The molecular formula is C35H39F3N6O3. The summed E-state index contributed by atoms with van der Waals surface area (Å²) in [5.74, 6) is -1.68. The largest absolute Gasteiger partial charge is 0.416 e. The van der Waals surface area contributed by atoms with Crippen LogP contribution in [0.1, 0.15) is 34.4 Å². The molecule has 1 aromatic heterocycles. The van der Waals surface area contributed by atoms with E-state index in [1.54, 1.807) is 13.1 Å². The summed E-state index contributed by atoms with van der Waals surface area (Å²) in [5.41, 5.74) is 3.52. The SMILES string of the molecule is Cc1cc(C(F)(F)F)cc(N2C(=O)C[C@@H]3CN(Cc4ccc(CNC(=O)/C=C/CN(C)C)cc4)c4c(C)cccc4N(C)C(=O)[C@H]32)n1. The first-order chi connectivity index (χ1) is 22.2. The lowest BCUT2D eigenvalue weighted by atomic mass is 9.94. The minimum absolute atomic E-state index is 0.0133. The molecule has 0 aliphatic carbocycles. The number of rotatable bonds is 8. The number of aromatic nitrogens is 1. The molecule has 3 amide bonds. The standard InChI is InChI=1S/C35H39F3N6O3/c1-22-8-6-9-28-32(22)43(20-25-13-11-24(12-14-25)19-39-30(45)10-7-15-41(3)4)21-26-17-31(46)44(33(26)34(47)42(28)5)29-18-27(35(36,37)38)16-23(2)40-29/h6-14,16,18,26,33H,15,17,19-21H2,1-5H3,(H,39,45)/b10-7+/t26-,33+/m1/s1. The smallest absolute Gasteiger partial charge is 0.365 e. The van der Waals surface area contributed by atoms with Crippen molar-refractivity contribution < 1.29 is 27.6 Å². The second-order valence-corrected chi connectivity index (χ2v) is 12.4. The third-order valence-corrected chi connectivity index (χ3v) is 8.48. The van der Waals surface area contributed by atoms with Gasteiger partial charge in [-0.2, -0.15) is 13.2 Å². The maximum absolute atomic E-state index is 14.1. The van der Waals surface area contributed by atoms with Gasteiger partial charge in [0.2, 0.25) is 17.7 Å². The van der Waals surface area contributed by atoms with Gasteiger partial charge in [0.1, 0.15) is 11.9 Å². The molecule has 0 radical (unpaired) electrons. The second-order valence-electron chi connectivity index (χ2n) is 12.4. The number of benzene rings is 2. The zero-order chi connectivity index (χ0) is 34.0. The number of nitrogens with zero attached hydrogens (tertiary/aromatic N) is 5. The molecule has 1 saturated heterocycles. The number of nitrogens with one attached hydrogen (secondary N) is 1. The van der Waals surface area contributed by atoms with E-state index in [0.717, 1.165) is 39.4 Å². The molecule has 3 heterocycles. The van der Waals surface area contributed by atoms with Crippen LogP contribution < -0.4 is 20.0 Å². The fraction of sp³-hybridized carbons (Fsp3) is 0.371. The number of likely N-dealkylation sites (N-methyl/N-ethyl adjacent to an activating group) is 2.